The second-order valence-electron chi connectivity index (χ2n) is 4.10. The summed E-state index contributed by atoms with van der Waals surface area (Å²) in [5.74, 6) is 0.0564. The molecule has 0 radical (unpaired) electrons. The van der Waals surface area contributed by atoms with E-state index < -0.39 is 0 Å². The van der Waals surface area contributed by atoms with E-state index in [0.29, 0.717) is 17.4 Å². The molecule has 1 heterocycles. The van der Waals surface area contributed by atoms with Crippen molar-refractivity contribution in [1.82, 2.24) is 15.5 Å². The summed E-state index contributed by atoms with van der Waals surface area (Å²) in [6.07, 6.45) is -0.0179. The molecule has 7 heteroatoms. The van der Waals surface area contributed by atoms with Crippen LogP contribution in [-0.4, -0.2) is 28.5 Å². The number of carbonyl (C=O) groups excluding carboxylic acids is 2. The minimum absolute atomic E-state index is 0.0179. The van der Waals surface area contributed by atoms with Crippen LogP contribution in [-0.2, 0) is 16.0 Å². The molecule has 1 aromatic carbocycles. The third-order valence-electron chi connectivity index (χ3n) is 2.39. The summed E-state index contributed by atoms with van der Waals surface area (Å²) in [7, 11) is 0. The van der Waals surface area contributed by atoms with Gasteiger partial charge in [-0.2, -0.15) is 4.98 Å². The lowest BCUT2D eigenvalue weighted by molar-refractivity contribution is -0.123. The Kier molecular flexibility index (Phi) is 4.43. The molecular weight excluding hydrogens is 260 g/mol. The molecular formula is C13H14N4O3. The second-order valence-corrected chi connectivity index (χ2v) is 4.10. The van der Waals surface area contributed by atoms with Gasteiger partial charge < -0.3 is 15.2 Å². The van der Waals surface area contributed by atoms with Gasteiger partial charge in [-0.25, -0.2) is 0 Å². The van der Waals surface area contributed by atoms with Gasteiger partial charge in [0.1, 0.15) is 0 Å². The number of carbonyl (C=O) groups is 2. The highest BCUT2D eigenvalue weighted by Crippen LogP contribution is 2.04. The second kappa shape index (κ2) is 6.46. The Balaban J connectivity index is 1.74. The first-order valence-corrected chi connectivity index (χ1v) is 6.04. The third kappa shape index (κ3) is 4.20. The molecule has 2 aromatic rings. The van der Waals surface area contributed by atoms with Crippen LogP contribution < -0.4 is 10.6 Å². The van der Waals surface area contributed by atoms with Gasteiger partial charge in [0.2, 0.25) is 17.7 Å². The van der Waals surface area contributed by atoms with E-state index in [0.717, 1.165) is 0 Å². The van der Waals surface area contributed by atoms with Crippen LogP contribution in [0.4, 0.5) is 5.69 Å². The molecule has 0 atom stereocenters. The Morgan fingerprint density at radius 3 is 2.60 bits per heavy atom. The monoisotopic (exact) mass is 274 g/mol. The van der Waals surface area contributed by atoms with Crippen molar-refractivity contribution in [1.29, 1.82) is 0 Å². The highest BCUT2D eigenvalue weighted by Gasteiger charge is 2.10. The highest BCUT2D eigenvalue weighted by atomic mass is 16.5. The largest absolute Gasteiger partial charge is 0.347 e. The van der Waals surface area contributed by atoms with Crippen molar-refractivity contribution in [2.45, 2.75) is 13.3 Å². The van der Waals surface area contributed by atoms with Gasteiger partial charge >= 0.3 is 0 Å². The zero-order valence-corrected chi connectivity index (χ0v) is 10.9. The molecule has 104 valence electrons. The number of hydrogen-bond acceptors (Lipinski definition) is 5. The highest BCUT2D eigenvalue weighted by molar-refractivity contribution is 5.94. The summed E-state index contributed by atoms with van der Waals surface area (Å²) in [5, 5.41) is 8.75. The van der Waals surface area contributed by atoms with Crippen LogP contribution in [0, 0.1) is 6.92 Å². The lowest BCUT2D eigenvalue weighted by atomic mass is 10.3. The Labute approximate surface area is 115 Å². The Bertz CT molecular complexity index is 595. The number of amides is 2. The predicted octanol–water partition coefficient (Wildman–Crippen LogP) is 0.675. The first kappa shape index (κ1) is 13.7. The van der Waals surface area contributed by atoms with Gasteiger partial charge in [-0.15, -0.1) is 0 Å². The number of para-hydroxylation sites is 1. The maximum absolute atomic E-state index is 11.6. The standard InChI is InChI=1S/C13H14N4O3/c1-9-15-11(17-20-9)7-12(18)14-8-13(19)16-10-5-3-2-4-6-10/h2-6H,7-8H2,1H3,(H,14,18)(H,16,19). The van der Waals surface area contributed by atoms with Gasteiger partial charge in [0.25, 0.3) is 0 Å². The average Bonchev–Trinajstić information content (AvgIpc) is 2.83. The SMILES string of the molecule is Cc1nc(CC(=O)NCC(=O)Nc2ccccc2)no1. The number of nitrogens with zero attached hydrogens (tertiary/aromatic N) is 2. The van der Waals surface area contributed by atoms with Crippen molar-refractivity contribution in [3.63, 3.8) is 0 Å². The third-order valence-corrected chi connectivity index (χ3v) is 2.39. The lowest BCUT2D eigenvalue weighted by Gasteiger charge is -2.05. The van der Waals surface area contributed by atoms with Crippen LogP contribution in [0.3, 0.4) is 0 Å². The summed E-state index contributed by atoms with van der Waals surface area (Å²) >= 11 is 0. The fourth-order valence-corrected chi connectivity index (χ4v) is 1.52. The zero-order valence-electron chi connectivity index (χ0n) is 10.9. The molecule has 20 heavy (non-hydrogen) atoms. The van der Waals surface area contributed by atoms with E-state index in [1.807, 2.05) is 18.2 Å². The Hall–Kier alpha value is -2.70. The van der Waals surface area contributed by atoms with E-state index in [1.165, 1.54) is 0 Å². The minimum Gasteiger partial charge on any atom is -0.347 e. The Morgan fingerprint density at radius 2 is 1.95 bits per heavy atom. The molecule has 2 N–H and O–H groups in total. The molecule has 0 fully saturated rings. The summed E-state index contributed by atoms with van der Waals surface area (Å²) in [6, 6.07) is 9.01. The van der Waals surface area contributed by atoms with E-state index >= 15 is 0 Å². The number of rotatable bonds is 5. The molecule has 7 nitrogen and oxygen atoms in total. The van der Waals surface area contributed by atoms with E-state index in [4.69, 9.17) is 4.52 Å². The summed E-state index contributed by atoms with van der Waals surface area (Å²) < 4.78 is 4.75. The molecule has 0 unspecified atom stereocenters. The fraction of sp³-hybridized carbons (Fsp3) is 0.231. The van der Waals surface area contributed by atoms with Crippen molar-refractivity contribution in [2.24, 2.45) is 0 Å². The smallest absolute Gasteiger partial charge is 0.243 e. The van der Waals surface area contributed by atoms with Crippen LogP contribution in [0.2, 0.25) is 0 Å². The number of nitrogens with one attached hydrogen (secondary N) is 2. The van der Waals surface area contributed by atoms with E-state index in [1.54, 1.807) is 19.1 Å². The van der Waals surface area contributed by atoms with Gasteiger partial charge in [0.15, 0.2) is 5.82 Å². The van der Waals surface area contributed by atoms with Crippen molar-refractivity contribution in [3.8, 4) is 0 Å². The lowest BCUT2D eigenvalue weighted by Crippen LogP contribution is -2.33. The number of aromatic nitrogens is 2. The molecule has 0 bridgehead atoms. The van der Waals surface area contributed by atoms with E-state index in [9.17, 15) is 9.59 Å². The molecule has 2 amide bonds. The van der Waals surface area contributed by atoms with Crippen LogP contribution in [0.1, 0.15) is 11.7 Å². The molecule has 0 aliphatic heterocycles. The molecule has 0 aliphatic rings. The van der Waals surface area contributed by atoms with Gasteiger partial charge in [0.05, 0.1) is 13.0 Å². The van der Waals surface area contributed by atoms with Gasteiger partial charge in [-0.3, -0.25) is 9.59 Å². The van der Waals surface area contributed by atoms with Crippen molar-refractivity contribution in [2.75, 3.05) is 11.9 Å². The summed E-state index contributed by atoms with van der Waals surface area (Å²) in [4.78, 5) is 27.1. The van der Waals surface area contributed by atoms with Crippen molar-refractivity contribution < 1.29 is 14.1 Å². The van der Waals surface area contributed by atoms with Crippen LogP contribution in [0.5, 0.6) is 0 Å². The molecule has 1 aromatic heterocycles. The summed E-state index contributed by atoms with van der Waals surface area (Å²) in [6.45, 7) is 1.53. The fourth-order valence-electron chi connectivity index (χ4n) is 1.52. The maximum Gasteiger partial charge on any atom is 0.243 e. The topological polar surface area (TPSA) is 97.1 Å². The van der Waals surface area contributed by atoms with Crippen LogP contribution >= 0.6 is 0 Å². The predicted molar refractivity (Wildman–Crippen MR) is 70.8 cm³/mol. The normalized spacial score (nSPS) is 10.1. The van der Waals surface area contributed by atoms with Gasteiger partial charge in [-0.1, -0.05) is 23.4 Å². The first-order valence-electron chi connectivity index (χ1n) is 6.04. The number of anilines is 1. The zero-order chi connectivity index (χ0) is 14.4. The molecule has 0 spiro atoms. The first-order chi connectivity index (χ1) is 9.63. The van der Waals surface area contributed by atoms with E-state index in [2.05, 4.69) is 20.8 Å². The number of aryl methyl sites for hydroxylation is 1. The van der Waals surface area contributed by atoms with Gasteiger partial charge in [-0.05, 0) is 12.1 Å². The number of benzene rings is 1. The number of hydrogen-bond donors (Lipinski definition) is 2. The molecule has 0 saturated carbocycles. The molecule has 0 aliphatic carbocycles. The van der Waals surface area contributed by atoms with Gasteiger partial charge in [0, 0.05) is 12.6 Å². The average molecular weight is 274 g/mol. The quantitative estimate of drug-likeness (QED) is 0.835. The van der Waals surface area contributed by atoms with Crippen molar-refractivity contribution >= 4 is 17.5 Å². The maximum atomic E-state index is 11.6. The molecule has 2 rings (SSSR count). The summed E-state index contributed by atoms with van der Waals surface area (Å²) in [5.41, 5.74) is 0.681. The molecule has 0 saturated heterocycles. The van der Waals surface area contributed by atoms with Crippen LogP contribution in [0.25, 0.3) is 0 Å². The minimum atomic E-state index is -0.339. The van der Waals surface area contributed by atoms with E-state index in [-0.39, 0.29) is 24.8 Å². The van der Waals surface area contributed by atoms with Crippen molar-refractivity contribution in [3.05, 3.63) is 42.0 Å². The Morgan fingerprint density at radius 1 is 1.20 bits per heavy atom. The van der Waals surface area contributed by atoms with Crippen LogP contribution in [0.15, 0.2) is 34.9 Å².